The summed E-state index contributed by atoms with van der Waals surface area (Å²) in [5, 5.41) is 15.0. The number of anilines is 2. The largest absolute Gasteiger partial charge is 0.507 e. The second kappa shape index (κ2) is 36.9. The van der Waals surface area contributed by atoms with E-state index in [-0.39, 0.29) is 91.5 Å². The van der Waals surface area contributed by atoms with E-state index in [9.17, 15) is 43.5 Å². The van der Waals surface area contributed by atoms with Gasteiger partial charge in [0.25, 0.3) is 0 Å². The van der Waals surface area contributed by atoms with Crippen molar-refractivity contribution in [1.29, 1.82) is 0 Å². The van der Waals surface area contributed by atoms with Crippen LogP contribution in [0.15, 0.2) is 36.4 Å². The van der Waals surface area contributed by atoms with Crippen molar-refractivity contribution >= 4 is 121 Å². The number of ether oxygens (including phenoxy) is 9. The van der Waals surface area contributed by atoms with E-state index in [4.69, 9.17) is 85.0 Å². The Morgan fingerprint density at radius 2 is 0.632 bits per heavy atom. The zero-order chi connectivity index (χ0) is 50.9. The van der Waals surface area contributed by atoms with Gasteiger partial charge in [-0.15, -0.1) is 0 Å². The third kappa shape index (κ3) is 27.5. The van der Waals surface area contributed by atoms with Gasteiger partial charge in [-0.05, 0) is 53.1 Å². The van der Waals surface area contributed by atoms with Gasteiger partial charge in [-0.2, -0.15) is 0 Å². The minimum atomic E-state index is -0.962. The van der Waals surface area contributed by atoms with Gasteiger partial charge in [0.15, 0.2) is 7.85 Å². The van der Waals surface area contributed by atoms with Gasteiger partial charge in [-0.1, -0.05) is 0 Å². The van der Waals surface area contributed by atoms with Gasteiger partial charge < -0.3 is 63.2 Å². The molecule has 0 fully saturated rings. The summed E-state index contributed by atoms with van der Waals surface area (Å²) in [7, 11) is 38.2. The third-order valence-electron chi connectivity index (χ3n) is 7.61. The van der Waals surface area contributed by atoms with Crippen LogP contribution in [0.5, 0.6) is 5.75 Å². The number of hydrogen-bond acceptors (Lipinski definition) is 19. The number of rotatable bonds is 22. The molecule has 3 aromatic rings. The number of amides is 2. The van der Waals surface area contributed by atoms with Crippen molar-refractivity contribution in [3.05, 3.63) is 86.5 Å². The Morgan fingerprint density at radius 1 is 0.441 bits per heavy atom. The van der Waals surface area contributed by atoms with Gasteiger partial charge >= 0.3 is 0 Å². The number of carbonyl (C=O) groups excluding carboxylic acids is 9. The minimum Gasteiger partial charge on any atom is -0.507 e. The van der Waals surface area contributed by atoms with E-state index in [1.807, 2.05) is 0 Å². The van der Waals surface area contributed by atoms with Crippen molar-refractivity contribution in [2.24, 2.45) is 0 Å². The molecule has 0 aliphatic carbocycles. The fourth-order valence-corrected chi connectivity index (χ4v) is 5.32. The molecule has 0 aromatic heterocycles. The van der Waals surface area contributed by atoms with Crippen LogP contribution < -0.4 is 10.6 Å². The van der Waals surface area contributed by atoms with Gasteiger partial charge in [0.1, 0.15) is 45.4 Å². The predicted octanol–water partition coefficient (Wildman–Crippen LogP) is 2.51. The summed E-state index contributed by atoms with van der Waals surface area (Å²) < 4.78 is 43.3. The van der Waals surface area contributed by atoms with Crippen molar-refractivity contribution in [2.75, 3.05) is 32.0 Å². The Balaban J connectivity index is 0. The quantitative estimate of drug-likeness (QED) is 0.0740. The fourth-order valence-electron chi connectivity index (χ4n) is 5.32. The van der Waals surface area contributed by atoms with E-state index in [2.05, 4.69) is 28.0 Å². The molecule has 0 unspecified atom stereocenters. The number of aromatic hydroxyl groups is 1. The van der Waals surface area contributed by atoms with Crippen molar-refractivity contribution in [3.63, 3.8) is 0 Å². The molecule has 0 aliphatic rings. The minimum absolute atomic E-state index is 0. The van der Waals surface area contributed by atoms with E-state index in [0.29, 0.717) is 63.1 Å². The number of nitrogens with one attached hydrogen (secondary N) is 2. The van der Waals surface area contributed by atoms with Crippen molar-refractivity contribution in [1.82, 2.24) is 0 Å². The molecule has 3 N–H and O–H groups in total. The second-order valence-electron chi connectivity index (χ2n) is 12.4. The van der Waals surface area contributed by atoms with Crippen LogP contribution in [0, 0.1) is 0 Å². The summed E-state index contributed by atoms with van der Waals surface area (Å²) >= 11 is 0. The average Bonchev–Trinajstić information content (AvgIpc) is 3.25. The van der Waals surface area contributed by atoms with Crippen LogP contribution >= 0.6 is 0 Å². The standard InChI is InChI=1S/2C13H13B2NO6.C12H12B2O6.CHBO.Ir/c2*1-20-4-8-2-9(5-21-12(14)18)11(16-7-17)10(3-8)6-22-13(15)19;1-18-4-7-2-8(5-19-11(13)16)10(15)9(3-7)6-20-12(14)17;2-1-3;/h2*2-3,7H,4-6H2,1H3,(H,16,17);2-3,15H,4-6H2,1H3;1H;. The first-order valence-electron chi connectivity index (χ1n) is 18.5. The van der Waals surface area contributed by atoms with E-state index >= 15 is 0 Å². The van der Waals surface area contributed by atoms with E-state index in [0.717, 1.165) is 11.1 Å². The molecule has 68 heavy (non-hydrogen) atoms. The Kier molecular flexibility index (Phi) is 34.7. The monoisotopic (exact) mass is 1110 g/mol. The van der Waals surface area contributed by atoms with E-state index in [1.165, 1.54) is 21.3 Å². The molecule has 0 saturated carbocycles. The summed E-state index contributed by atoms with van der Waals surface area (Å²) in [5.41, 5.74) is 5.39. The van der Waals surface area contributed by atoms with Crippen LogP contribution in [0.2, 0.25) is 0 Å². The van der Waals surface area contributed by atoms with Crippen molar-refractivity contribution in [3.8, 4) is 5.75 Å². The van der Waals surface area contributed by atoms with Crippen molar-refractivity contribution in [2.45, 2.75) is 59.5 Å². The molecule has 29 heteroatoms. The fraction of sp³-hybridized carbons (Fsp3) is 0.308. The number of benzene rings is 3. The molecule has 0 atom stereocenters. The van der Waals surface area contributed by atoms with Crippen LogP contribution in [-0.2, 0) is 137 Å². The number of carbonyl (C=O) groups is 9. The first kappa shape index (κ1) is 64.0. The number of methoxy groups -OCH3 is 3. The van der Waals surface area contributed by atoms with Gasteiger partial charge in [-0.3, -0.25) is 38.4 Å². The maximum atomic E-state index is 10.8. The van der Waals surface area contributed by atoms with Crippen LogP contribution in [0.4, 0.5) is 40.1 Å². The molecule has 2 amide bonds. The number of phenols is 1. The molecule has 21 nitrogen and oxygen atoms in total. The average molecular weight is 1110 g/mol. The van der Waals surface area contributed by atoms with Gasteiger partial charge in [0.2, 0.25) is 95.1 Å². The molecule has 349 valence electrons. The number of phenolic OH excluding ortho intramolecular Hbond substituents is 1. The van der Waals surface area contributed by atoms with Crippen LogP contribution in [0.25, 0.3) is 0 Å². The third-order valence-corrected chi connectivity index (χ3v) is 7.61. The van der Waals surface area contributed by atoms with Crippen LogP contribution in [0.3, 0.4) is 0 Å². The maximum absolute atomic E-state index is 10.8. The summed E-state index contributed by atoms with van der Waals surface area (Å²) in [6.07, 6.45) is 1.15. The first-order chi connectivity index (χ1) is 31.8. The Morgan fingerprint density at radius 3 is 0.809 bits per heavy atom. The number of hydrogen-bond donors (Lipinski definition) is 3. The second-order valence-corrected chi connectivity index (χ2v) is 12.4. The Bertz CT molecular complexity index is 1940. The molecule has 0 bridgehead atoms. The smallest absolute Gasteiger partial charge is 0.236 e. The summed E-state index contributed by atoms with van der Waals surface area (Å²) in [4.78, 5) is 94.3. The molecule has 3 aromatic carbocycles. The normalized spacial score (nSPS) is 9.51. The van der Waals surface area contributed by atoms with Crippen molar-refractivity contribution < 1.29 is 111 Å². The molecular formula is C39H39B7IrN2O19. The van der Waals surface area contributed by atoms with Gasteiger partial charge in [-0.25, -0.2) is 0 Å². The topological polar surface area (TPSA) is 281 Å². The summed E-state index contributed by atoms with van der Waals surface area (Å²) in [6.45, 7) is -0.237. The SMILES string of the molecule is [B]C(=O)OCc1cc(COC)cc(COC([B])=O)c1NC=O.[B]C(=O)OCc1cc(COC)cc(COC([B])=O)c1NC=O.[B]C(=O)OCc1cc(COC)cc(COC([B])=O)c1O.[B]C=O.[Ir]. The zero-order valence-electron chi connectivity index (χ0n) is 36.7. The van der Waals surface area contributed by atoms with Crippen LogP contribution in [0.1, 0.15) is 50.1 Å². The van der Waals surface area contributed by atoms with Gasteiger partial charge in [0, 0.05) is 74.8 Å². The molecule has 0 aliphatic heterocycles. The molecule has 3 rings (SSSR count). The molecule has 0 saturated heterocycles. The maximum Gasteiger partial charge on any atom is 0.236 e. The summed E-state index contributed by atoms with van der Waals surface area (Å²) in [6, 6.07) is 9.88. The Labute approximate surface area is 413 Å². The van der Waals surface area contributed by atoms with E-state index < -0.39 is 35.2 Å². The molecule has 0 spiro atoms. The van der Waals surface area contributed by atoms with Crippen LogP contribution in [-0.4, -0.2) is 136 Å². The predicted molar refractivity (Wildman–Crippen MR) is 241 cm³/mol. The molecule has 0 heterocycles. The molecule has 15 radical (unpaired) electrons. The van der Waals surface area contributed by atoms with Gasteiger partial charge in [0.05, 0.1) is 37.4 Å². The zero-order valence-corrected chi connectivity index (χ0v) is 39.1. The summed E-state index contributed by atoms with van der Waals surface area (Å²) in [5.74, 6) is -5.90. The first-order valence-corrected chi connectivity index (χ1v) is 18.5. The van der Waals surface area contributed by atoms with E-state index in [1.54, 1.807) is 36.4 Å². The molecular weight excluding hydrogens is 1070 g/mol. The Hall–Kier alpha value is -6.13.